The van der Waals surface area contributed by atoms with Gasteiger partial charge in [-0.2, -0.15) is 0 Å². The summed E-state index contributed by atoms with van der Waals surface area (Å²) in [5.41, 5.74) is 2.36. The molecule has 34 heavy (non-hydrogen) atoms. The molecule has 7 heteroatoms. The number of aliphatic hydroxyl groups is 1. The minimum atomic E-state index is -0.551. The van der Waals surface area contributed by atoms with Crippen molar-refractivity contribution >= 4 is 11.6 Å². The third kappa shape index (κ3) is 5.30. The number of hydrogen-bond donors (Lipinski definition) is 3. The fourth-order valence-corrected chi connectivity index (χ4v) is 4.24. The average Bonchev–Trinajstić information content (AvgIpc) is 3.63. The average molecular weight is 462 g/mol. The molecule has 1 aliphatic rings. The van der Waals surface area contributed by atoms with Gasteiger partial charge in [0.25, 0.3) is 0 Å². The van der Waals surface area contributed by atoms with Crippen LogP contribution in [-0.4, -0.2) is 45.9 Å². The Hall–Kier alpha value is -3.19. The highest BCUT2D eigenvalue weighted by molar-refractivity contribution is 5.62. The van der Waals surface area contributed by atoms with Gasteiger partial charge in [0.1, 0.15) is 23.7 Å². The minimum absolute atomic E-state index is 0.0458. The second-order valence-electron chi connectivity index (χ2n) is 9.55. The van der Waals surface area contributed by atoms with Crippen molar-refractivity contribution in [1.82, 2.24) is 15.0 Å². The van der Waals surface area contributed by atoms with Crippen LogP contribution >= 0.6 is 0 Å². The van der Waals surface area contributed by atoms with Crippen LogP contribution in [-0.2, 0) is 5.41 Å². The van der Waals surface area contributed by atoms with E-state index in [0.29, 0.717) is 12.5 Å². The fourth-order valence-electron chi connectivity index (χ4n) is 4.24. The van der Waals surface area contributed by atoms with E-state index in [2.05, 4.69) is 58.5 Å². The van der Waals surface area contributed by atoms with Crippen molar-refractivity contribution in [3.8, 4) is 17.0 Å². The minimum Gasteiger partial charge on any atom is -0.496 e. The Morgan fingerprint density at radius 2 is 1.88 bits per heavy atom. The summed E-state index contributed by atoms with van der Waals surface area (Å²) in [7, 11) is 1.73. The first-order chi connectivity index (χ1) is 16.4. The number of methoxy groups -OCH3 is 1. The number of pyridine rings is 1. The fraction of sp³-hybridized carbons (Fsp3) is 0.444. The van der Waals surface area contributed by atoms with Crippen LogP contribution in [0.5, 0.6) is 5.75 Å². The molecule has 0 spiro atoms. The van der Waals surface area contributed by atoms with E-state index in [1.165, 1.54) is 5.56 Å². The summed E-state index contributed by atoms with van der Waals surface area (Å²) in [6.45, 7) is 8.08. The Bertz CT molecular complexity index is 1100. The molecule has 7 nitrogen and oxygen atoms in total. The smallest absolute Gasteiger partial charge is 0.129 e. The summed E-state index contributed by atoms with van der Waals surface area (Å²) < 4.78 is 5.65. The molecule has 2 heterocycles. The van der Waals surface area contributed by atoms with Crippen LogP contribution in [0.25, 0.3) is 11.3 Å². The Balaban J connectivity index is 1.42. The van der Waals surface area contributed by atoms with Gasteiger partial charge in [0.15, 0.2) is 0 Å². The van der Waals surface area contributed by atoms with Crippen molar-refractivity contribution in [1.29, 1.82) is 0 Å². The highest BCUT2D eigenvalue weighted by Crippen LogP contribution is 2.40. The molecule has 3 aromatic rings. The van der Waals surface area contributed by atoms with Gasteiger partial charge in [-0.05, 0) is 43.4 Å². The van der Waals surface area contributed by atoms with E-state index in [1.807, 2.05) is 30.3 Å². The van der Waals surface area contributed by atoms with Crippen LogP contribution in [0, 0.1) is 5.92 Å². The normalized spacial score (nSPS) is 16.9. The number of aromatic nitrogens is 3. The van der Waals surface area contributed by atoms with E-state index in [4.69, 9.17) is 4.74 Å². The van der Waals surface area contributed by atoms with Crippen LogP contribution in [0.4, 0.5) is 11.6 Å². The quantitative estimate of drug-likeness (QED) is 0.374. The second kappa shape index (κ2) is 9.97. The lowest BCUT2D eigenvalue weighted by Gasteiger charge is -2.36. The van der Waals surface area contributed by atoms with Crippen LogP contribution in [0.2, 0.25) is 0 Å². The number of para-hydroxylation sites is 1. The first-order valence-electron chi connectivity index (χ1n) is 12.0. The zero-order valence-electron chi connectivity index (χ0n) is 20.5. The largest absolute Gasteiger partial charge is 0.496 e. The molecule has 1 unspecified atom stereocenters. The number of ether oxygens (including phenoxy) is 1. The molecular formula is C27H35N5O2. The van der Waals surface area contributed by atoms with Crippen molar-refractivity contribution in [3.63, 3.8) is 0 Å². The van der Waals surface area contributed by atoms with Gasteiger partial charge in [0.05, 0.1) is 18.4 Å². The molecule has 0 amide bonds. The summed E-state index contributed by atoms with van der Waals surface area (Å²) in [4.78, 5) is 13.3. The second-order valence-corrected chi connectivity index (χ2v) is 9.55. The van der Waals surface area contributed by atoms with Crippen molar-refractivity contribution in [2.45, 2.75) is 51.0 Å². The van der Waals surface area contributed by atoms with E-state index < -0.39 is 5.60 Å². The van der Waals surface area contributed by atoms with Crippen molar-refractivity contribution in [3.05, 3.63) is 60.6 Å². The molecule has 1 saturated carbocycles. The van der Waals surface area contributed by atoms with Gasteiger partial charge < -0.3 is 20.5 Å². The zero-order chi connectivity index (χ0) is 24.2. The van der Waals surface area contributed by atoms with E-state index in [1.54, 1.807) is 19.6 Å². The molecule has 0 aliphatic heterocycles. The van der Waals surface area contributed by atoms with Gasteiger partial charge in [-0.25, -0.2) is 15.0 Å². The Kier molecular flexibility index (Phi) is 7.03. The molecule has 4 rings (SSSR count). The third-order valence-electron chi connectivity index (χ3n) is 7.29. The summed E-state index contributed by atoms with van der Waals surface area (Å²) in [5.74, 6) is 2.80. The molecule has 0 saturated heterocycles. The molecular weight excluding hydrogens is 426 g/mol. The van der Waals surface area contributed by atoms with Gasteiger partial charge in [0, 0.05) is 41.9 Å². The van der Waals surface area contributed by atoms with Gasteiger partial charge in [-0.15, -0.1) is 0 Å². The lowest BCUT2D eigenvalue weighted by atomic mass is 9.70. The maximum atomic E-state index is 9.98. The lowest BCUT2D eigenvalue weighted by Crippen LogP contribution is -2.34. The topological polar surface area (TPSA) is 92.2 Å². The number of rotatable bonds is 11. The first kappa shape index (κ1) is 24.0. The highest BCUT2D eigenvalue weighted by Gasteiger charge is 2.40. The Morgan fingerprint density at radius 1 is 1.09 bits per heavy atom. The standard InChI is InChI=1S/C27H35N5O2/c1-5-26(3,21-8-6-7-9-23(21)34-4)19(2)15-28-25-14-22(31-18-32-25)20-10-11-24(29-16-20)30-17-27(33)12-13-27/h6-11,14,16,18-19,33H,5,12-13,15,17H2,1-4H3,(H,29,30)(H,28,31,32)/t19?,26-/m1/s1. The third-order valence-corrected chi connectivity index (χ3v) is 7.29. The van der Waals surface area contributed by atoms with Crippen LogP contribution in [0.3, 0.4) is 0 Å². The predicted octanol–water partition coefficient (Wildman–Crippen LogP) is 4.90. The summed E-state index contributed by atoms with van der Waals surface area (Å²) >= 11 is 0. The number of nitrogens with one attached hydrogen (secondary N) is 2. The Morgan fingerprint density at radius 3 is 2.56 bits per heavy atom. The van der Waals surface area contributed by atoms with Crippen molar-refractivity contribution in [2.24, 2.45) is 5.92 Å². The number of anilines is 2. The van der Waals surface area contributed by atoms with Gasteiger partial charge in [-0.3, -0.25) is 0 Å². The van der Waals surface area contributed by atoms with Crippen LogP contribution < -0.4 is 15.4 Å². The molecule has 2 aromatic heterocycles. The lowest BCUT2D eigenvalue weighted by molar-refractivity contribution is 0.164. The molecule has 1 aromatic carbocycles. The maximum absolute atomic E-state index is 9.98. The number of hydrogen-bond acceptors (Lipinski definition) is 7. The van der Waals surface area contributed by atoms with E-state index >= 15 is 0 Å². The summed E-state index contributed by atoms with van der Waals surface area (Å²) in [6, 6.07) is 14.1. The highest BCUT2D eigenvalue weighted by atomic mass is 16.5. The SMILES string of the molecule is CC[C@@](C)(c1ccccc1OC)C(C)CNc1cc(-c2ccc(NCC3(O)CC3)nc2)ncn1. The van der Waals surface area contributed by atoms with E-state index in [-0.39, 0.29) is 5.41 Å². The Labute approximate surface area is 202 Å². The molecule has 1 aliphatic carbocycles. The first-order valence-corrected chi connectivity index (χ1v) is 12.0. The molecule has 3 N–H and O–H groups in total. The van der Waals surface area contributed by atoms with Crippen molar-refractivity contribution in [2.75, 3.05) is 30.8 Å². The van der Waals surface area contributed by atoms with Gasteiger partial charge >= 0.3 is 0 Å². The van der Waals surface area contributed by atoms with Gasteiger partial charge in [0.2, 0.25) is 0 Å². The predicted molar refractivity (Wildman–Crippen MR) is 136 cm³/mol. The molecule has 2 atom stereocenters. The van der Waals surface area contributed by atoms with Crippen LogP contribution in [0.1, 0.15) is 45.6 Å². The van der Waals surface area contributed by atoms with Gasteiger partial charge in [-0.1, -0.05) is 39.0 Å². The number of benzene rings is 1. The molecule has 0 bridgehead atoms. The van der Waals surface area contributed by atoms with Crippen molar-refractivity contribution < 1.29 is 9.84 Å². The zero-order valence-corrected chi connectivity index (χ0v) is 20.5. The maximum Gasteiger partial charge on any atom is 0.129 e. The number of nitrogens with zero attached hydrogens (tertiary/aromatic N) is 3. The molecule has 0 radical (unpaired) electrons. The molecule has 1 fully saturated rings. The summed E-state index contributed by atoms with van der Waals surface area (Å²) in [6.07, 6.45) is 6.07. The molecule has 180 valence electrons. The van der Waals surface area contributed by atoms with Crippen LogP contribution in [0.15, 0.2) is 55.0 Å². The monoisotopic (exact) mass is 461 g/mol. The summed E-state index contributed by atoms with van der Waals surface area (Å²) in [5, 5.41) is 16.7. The van der Waals surface area contributed by atoms with E-state index in [0.717, 1.165) is 54.4 Å². The van der Waals surface area contributed by atoms with E-state index in [9.17, 15) is 5.11 Å².